The lowest BCUT2D eigenvalue weighted by molar-refractivity contribution is 0.0602. The largest absolute Gasteiger partial charge is 0.465 e. The van der Waals surface area contributed by atoms with Crippen molar-refractivity contribution in [1.29, 1.82) is 0 Å². The lowest BCUT2D eigenvalue weighted by atomic mass is 9.97. The topological polar surface area (TPSA) is 63.5 Å². The van der Waals surface area contributed by atoms with Crippen LogP contribution in [0.25, 0.3) is 10.9 Å². The van der Waals surface area contributed by atoms with E-state index >= 15 is 0 Å². The van der Waals surface area contributed by atoms with Gasteiger partial charge in [-0.2, -0.15) is 0 Å². The predicted octanol–water partition coefficient (Wildman–Crippen LogP) is 3.08. The number of halogens is 1. The van der Waals surface area contributed by atoms with Crippen LogP contribution in [0, 0.1) is 0 Å². The molecular weight excluding hydrogens is 372 g/mol. The van der Waals surface area contributed by atoms with Gasteiger partial charge in [0.2, 0.25) is 0 Å². The highest BCUT2D eigenvalue weighted by molar-refractivity contribution is 9.10. The average Bonchev–Trinajstić information content (AvgIpc) is 2.94. The Morgan fingerprint density at radius 3 is 3.08 bits per heavy atom. The zero-order valence-electron chi connectivity index (χ0n) is 13.8. The molecule has 0 bridgehead atoms. The molecule has 1 aromatic heterocycles. The Kier molecular flexibility index (Phi) is 5.58. The first-order chi connectivity index (χ1) is 11.6. The molecule has 1 aliphatic heterocycles. The molecule has 0 spiro atoms. The summed E-state index contributed by atoms with van der Waals surface area (Å²) < 4.78 is 7.97. The number of ether oxygens (including phenoxy) is 1. The van der Waals surface area contributed by atoms with E-state index in [0.717, 1.165) is 54.1 Å². The molecule has 0 saturated carbocycles. The van der Waals surface area contributed by atoms with E-state index in [2.05, 4.69) is 25.8 Å². The molecule has 1 saturated heterocycles. The lowest BCUT2D eigenvalue weighted by Gasteiger charge is -2.29. The molecule has 0 radical (unpaired) electrons. The number of aliphatic hydroxyl groups excluding tert-OH is 1. The number of rotatable bonds is 5. The van der Waals surface area contributed by atoms with Crippen LogP contribution in [0.3, 0.4) is 0 Å². The summed E-state index contributed by atoms with van der Waals surface area (Å²) in [7, 11) is 1.40. The molecule has 3 rings (SSSR count). The molecule has 24 heavy (non-hydrogen) atoms. The van der Waals surface area contributed by atoms with Crippen molar-refractivity contribution in [2.24, 2.45) is 0 Å². The van der Waals surface area contributed by atoms with E-state index in [-0.39, 0.29) is 18.1 Å². The first-order valence-corrected chi connectivity index (χ1v) is 9.17. The SMILES string of the molecule is COC(=O)c1cn(CCC[C@H]2NCCC[C@@H]2O)c2cc(Br)ccc12. The van der Waals surface area contributed by atoms with Crippen LogP contribution in [0.5, 0.6) is 0 Å². The number of benzene rings is 1. The maximum absolute atomic E-state index is 12.0. The summed E-state index contributed by atoms with van der Waals surface area (Å²) in [5, 5.41) is 14.3. The van der Waals surface area contributed by atoms with Crippen molar-refractivity contribution < 1.29 is 14.6 Å². The van der Waals surface area contributed by atoms with E-state index < -0.39 is 0 Å². The molecule has 1 aliphatic rings. The van der Waals surface area contributed by atoms with Crippen molar-refractivity contribution >= 4 is 32.8 Å². The van der Waals surface area contributed by atoms with E-state index in [9.17, 15) is 9.90 Å². The van der Waals surface area contributed by atoms with Gasteiger partial charge in [-0.1, -0.05) is 22.0 Å². The molecule has 0 unspecified atom stereocenters. The molecule has 130 valence electrons. The van der Waals surface area contributed by atoms with Crippen LogP contribution < -0.4 is 5.32 Å². The van der Waals surface area contributed by atoms with E-state index in [1.165, 1.54) is 7.11 Å². The third-order valence-electron chi connectivity index (χ3n) is 4.71. The molecule has 0 aliphatic carbocycles. The third-order valence-corrected chi connectivity index (χ3v) is 5.20. The molecule has 0 amide bonds. The molecule has 2 heterocycles. The second-order valence-corrected chi connectivity index (χ2v) is 7.22. The van der Waals surface area contributed by atoms with Crippen LogP contribution in [0.4, 0.5) is 0 Å². The van der Waals surface area contributed by atoms with E-state index in [1.54, 1.807) is 0 Å². The van der Waals surface area contributed by atoms with Crippen molar-refractivity contribution in [3.8, 4) is 0 Å². The molecule has 5 nitrogen and oxygen atoms in total. The average molecular weight is 395 g/mol. The summed E-state index contributed by atoms with van der Waals surface area (Å²) in [5.74, 6) is -0.314. The van der Waals surface area contributed by atoms with E-state index in [4.69, 9.17) is 4.74 Å². The van der Waals surface area contributed by atoms with Gasteiger partial charge in [-0.15, -0.1) is 0 Å². The Morgan fingerprint density at radius 2 is 2.33 bits per heavy atom. The number of aromatic nitrogens is 1. The number of carbonyl (C=O) groups excluding carboxylic acids is 1. The zero-order valence-corrected chi connectivity index (χ0v) is 15.4. The fourth-order valence-electron chi connectivity index (χ4n) is 3.43. The maximum atomic E-state index is 12.0. The third kappa shape index (κ3) is 3.66. The first kappa shape index (κ1) is 17.5. The maximum Gasteiger partial charge on any atom is 0.340 e. The molecule has 1 fully saturated rings. The highest BCUT2D eigenvalue weighted by atomic mass is 79.9. The number of fused-ring (bicyclic) bond motifs is 1. The van der Waals surface area contributed by atoms with Crippen molar-refractivity contribution in [2.75, 3.05) is 13.7 Å². The number of piperidine rings is 1. The summed E-state index contributed by atoms with van der Waals surface area (Å²) in [6.45, 7) is 1.78. The smallest absolute Gasteiger partial charge is 0.340 e. The Hall–Kier alpha value is -1.37. The van der Waals surface area contributed by atoms with E-state index in [1.807, 2.05) is 24.4 Å². The Balaban J connectivity index is 1.76. The Morgan fingerprint density at radius 1 is 1.50 bits per heavy atom. The fraction of sp³-hybridized carbons (Fsp3) is 0.500. The second kappa shape index (κ2) is 7.68. The number of esters is 1. The van der Waals surface area contributed by atoms with Crippen LogP contribution in [-0.4, -0.2) is 41.4 Å². The van der Waals surface area contributed by atoms with Gasteiger partial charge in [-0.3, -0.25) is 0 Å². The lowest BCUT2D eigenvalue weighted by Crippen LogP contribution is -2.44. The number of carbonyl (C=O) groups is 1. The number of methoxy groups -OCH3 is 1. The Bertz CT molecular complexity index is 728. The molecule has 1 aromatic carbocycles. The fourth-order valence-corrected chi connectivity index (χ4v) is 3.78. The molecular formula is C18H23BrN2O3. The highest BCUT2D eigenvalue weighted by Crippen LogP contribution is 2.26. The minimum atomic E-state index is -0.314. The van der Waals surface area contributed by atoms with Crippen molar-refractivity contribution in [2.45, 2.75) is 44.4 Å². The van der Waals surface area contributed by atoms with Gasteiger partial charge in [0, 0.05) is 28.6 Å². The molecule has 2 atom stereocenters. The van der Waals surface area contributed by atoms with Crippen LogP contribution >= 0.6 is 15.9 Å². The van der Waals surface area contributed by atoms with Gasteiger partial charge in [-0.05, 0) is 44.4 Å². The van der Waals surface area contributed by atoms with Crippen LogP contribution in [0.15, 0.2) is 28.9 Å². The predicted molar refractivity (Wildman–Crippen MR) is 97.2 cm³/mol. The van der Waals surface area contributed by atoms with Crippen molar-refractivity contribution in [3.63, 3.8) is 0 Å². The van der Waals surface area contributed by atoms with Gasteiger partial charge in [-0.25, -0.2) is 4.79 Å². The standard InChI is InChI=1S/C18H23BrN2O3/c1-24-18(23)14-11-21(16-10-12(19)6-7-13(14)16)9-3-4-15-17(22)5-2-8-20-15/h6-7,10-11,15,17,20,22H,2-5,8-9H2,1H3/t15-,17+/m1/s1. The number of aryl methyl sites for hydroxylation is 1. The summed E-state index contributed by atoms with van der Waals surface area (Å²) in [6, 6.07) is 6.07. The highest BCUT2D eigenvalue weighted by Gasteiger charge is 2.22. The zero-order chi connectivity index (χ0) is 17.1. The monoisotopic (exact) mass is 394 g/mol. The van der Waals surface area contributed by atoms with Gasteiger partial charge in [0.15, 0.2) is 0 Å². The minimum Gasteiger partial charge on any atom is -0.465 e. The van der Waals surface area contributed by atoms with Gasteiger partial charge in [0.25, 0.3) is 0 Å². The number of hydrogen-bond donors (Lipinski definition) is 2. The quantitative estimate of drug-likeness (QED) is 0.764. The molecule has 2 aromatic rings. The summed E-state index contributed by atoms with van der Waals surface area (Å²) in [4.78, 5) is 12.0. The summed E-state index contributed by atoms with van der Waals surface area (Å²) in [6.07, 6.45) is 5.39. The van der Waals surface area contributed by atoms with Crippen molar-refractivity contribution in [1.82, 2.24) is 9.88 Å². The summed E-state index contributed by atoms with van der Waals surface area (Å²) in [5.41, 5.74) is 1.61. The first-order valence-electron chi connectivity index (χ1n) is 8.38. The number of nitrogens with one attached hydrogen (secondary N) is 1. The van der Waals surface area contributed by atoms with Gasteiger partial charge >= 0.3 is 5.97 Å². The number of nitrogens with zero attached hydrogens (tertiary/aromatic N) is 1. The van der Waals surface area contributed by atoms with Gasteiger partial charge in [0.1, 0.15) is 0 Å². The van der Waals surface area contributed by atoms with Gasteiger partial charge in [0.05, 0.1) is 24.3 Å². The number of hydrogen-bond acceptors (Lipinski definition) is 4. The van der Waals surface area contributed by atoms with Crippen LogP contribution in [-0.2, 0) is 11.3 Å². The minimum absolute atomic E-state index is 0.174. The van der Waals surface area contributed by atoms with E-state index in [0.29, 0.717) is 5.56 Å². The number of aliphatic hydroxyl groups is 1. The van der Waals surface area contributed by atoms with Gasteiger partial charge < -0.3 is 19.7 Å². The summed E-state index contributed by atoms with van der Waals surface area (Å²) >= 11 is 3.50. The Labute approximate surface area is 150 Å². The van der Waals surface area contributed by atoms with Crippen molar-refractivity contribution in [3.05, 3.63) is 34.4 Å². The second-order valence-electron chi connectivity index (χ2n) is 6.30. The normalized spacial score (nSPS) is 21.1. The molecule has 6 heteroatoms. The van der Waals surface area contributed by atoms with Crippen LogP contribution in [0.1, 0.15) is 36.0 Å². The van der Waals surface area contributed by atoms with Crippen LogP contribution in [0.2, 0.25) is 0 Å². The molecule has 2 N–H and O–H groups in total.